The number of nitrogens with zero attached hydrogens (tertiary/aromatic N) is 5. The van der Waals surface area contributed by atoms with Crippen molar-refractivity contribution in [3.8, 4) is 11.6 Å². The van der Waals surface area contributed by atoms with Gasteiger partial charge in [0.2, 0.25) is 0 Å². The minimum atomic E-state index is 0.203. The molecule has 0 saturated carbocycles. The van der Waals surface area contributed by atoms with Gasteiger partial charge in [-0.2, -0.15) is 0 Å². The van der Waals surface area contributed by atoms with E-state index in [-0.39, 0.29) is 6.04 Å². The van der Waals surface area contributed by atoms with Crippen molar-refractivity contribution in [3.63, 3.8) is 0 Å². The predicted octanol–water partition coefficient (Wildman–Crippen LogP) is 2.01. The van der Waals surface area contributed by atoms with E-state index in [2.05, 4.69) is 48.7 Å². The largest absolute Gasteiger partial charge is 0.497 e. The number of aliphatic imine (C=N–C) groups is 1. The van der Waals surface area contributed by atoms with Crippen LogP contribution in [-0.4, -0.2) is 72.4 Å². The van der Waals surface area contributed by atoms with E-state index in [0.717, 1.165) is 55.9 Å². The summed E-state index contributed by atoms with van der Waals surface area (Å²) < 4.78 is 12.8. The van der Waals surface area contributed by atoms with Crippen LogP contribution in [0.2, 0.25) is 0 Å². The Kier molecular flexibility index (Phi) is 7.89. The number of methoxy groups -OCH3 is 1. The fourth-order valence-corrected chi connectivity index (χ4v) is 3.84. The van der Waals surface area contributed by atoms with E-state index in [1.807, 2.05) is 35.2 Å². The topological polar surface area (TPSA) is 88.8 Å². The van der Waals surface area contributed by atoms with Crippen molar-refractivity contribution >= 4 is 5.96 Å². The minimum Gasteiger partial charge on any atom is -0.497 e. The summed E-state index contributed by atoms with van der Waals surface area (Å²) in [6.07, 6.45) is 7.21. The number of imidazole rings is 1. The van der Waals surface area contributed by atoms with Crippen molar-refractivity contribution in [2.45, 2.75) is 12.6 Å². The maximum atomic E-state index is 5.56. The molecule has 1 atom stereocenters. The molecule has 1 fully saturated rings. The number of hydrogen-bond donors (Lipinski definition) is 2. The molecule has 1 saturated heterocycles. The van der Waals surface area contributed by atoms with Gasteiger partial charge < -0.3 is 20.1 Å². The Labute approximate surface area is 194 Å². The van der Waals surface area contributed by atoms with E-state index in [9.17, 15) is 0 Å². The zero-order valence-electron chi connectivity index (χ0n) is 19.1. The Morgan fingerprint density at radius 3 is 2.61 bits per heavy atom. The number of morpholine rings is 1. The third-order valence-electron chi connectivity index (χ3n) is 5.71. The predicted molar refractivity (Wildman–Crippen MR) is 128 cm³/mol. The second-order valence-corrected chi connectivity index (χ2v) is 7.74. The van der Waals surface area contributed by atoms with Crippen LogP contribution in [0.4, 0.5) is 0 Å². The van der Waals surface area contributed by atoms with Crippen LogP contribution in [0.25, 0.3) is 5.82 Å². The van der Waals surface area contributed by atoms with E-state index >= 15 is 0 Å². The van der Waals surface area contributed by atoms with Crippen LogP contribution in [-0.2, 0) is 11.3 Å². The van der Waals surface area contributed by atoms with Gasteiger partial charge in [0, 0.05) is 51.8 Å². The molecule has 0 aliphatic carbocycles. The molecule has 1 unspecified atom stereocenters. The van der Waals surface area contributed by atoms with Crippen LogP contribution >= 0.6 is 0 Å². The maximum Gasteiger partial charge on any atom is 0.191 e. The molecule has 9 heteroatoms. The second kappa shape index (κ2) is 11.4. The Hall–Kier alpha value is -3.43. The van der Waals surface area contributed by atoms with Gasteiger partial charge in [0.05, 0.1) is 26.4 Å². The molecule has 33 heavy (non-hydrogen) atoms. The van der Waals surface area contributed by atoms with Gasteiger partial charge >= 0.3 is 0 Å². The number of guanidine groups is 1. The fourth-order valence-electron chi connectivity index (χ4n) is 3.84. The molecule has 0 bridgehead atoms. The zero-order valence-corrected chi connectivity index (χ0v) is 19.1. The summed E-state index contributed by atoms with van der Waals surface area (Å²) in [6, 6.07) is 12.5. The van der Waals surface area contributed by atoms with Gasteiger partial charge in [-0.1, -0.05) is 18.2 Å². The molecule has 2 aromatic heterocycles. The van der Waals surface area contributed by atoms with E-state index in [4.69, 9.17) is 9.47 Å². The lowest BCUT2D eigenvalue weighted by Gasteiger charge is -2.35. The van der Waals surface area contributed by atoms with Gasteiger partial charge in [-0.15, -0.1) is 0 Å². The van der Waals surface area contributed by atoms with Crippen LogP contribution in [0.3, 0.4) is 0 Å². The fraction of sp³-hybridized carbons (Fsp3) is 0.375. The van der Waals surface area contributed by atoms with Gasteiger partial charge in [-0.05, 0) is 29.3 Å². The molecule has 2 N–H and O–H groups in total. The number of aromatic nitrogens is 3. The number of rotatable bonds is 8. The molecule has 4 rings (SSSR count). The Balaban J connectivity index is 1.36. The summed E-state index contributed by atoms with van der Waals surface area (Å²) in [7, 11) is 3.47. The molecule has 1 aliphatic rings. The zero-order chi connectivity index (χ0) is 22.9. The second-order valence-electron chi connectivity index (χ2n) is 7.74. The number of nitrogens with one attached hydrogen (secondary N) is 2. The molecule has 0 amide bonds. The normalized spacial score (nSPS) is 15.8. The molecular weight excluding hydrogens is 418 g/mol. The molecule has 1 aromatic carbocycles. The van der Waals surface area contributed by atoms with E-state index in [1.54, 1.807) is 26.7 Å². The van der Waals surface area contributed by atoms with E-state index < -0.39 is 0 Å². The monoisotopic (exact) mass is 449 g/mol. The summed E-state index contributed by atoms with van der Waals surface area (Å²) in [4.78, 5) is 15.4. The molecule has 9 nitrogen and oxygen atoms in total. The van der Waals surface area contributed by atoms with Gasteiger partial charge in [-0.3, -0.25) is 14.5 Å². The molecule has 1 aliphatic heterocycles. The highest BCUT2D eigenvalue weighted by atomic mass is 16.5. The highest BCUT2D eigenvalue weighted by Gasteiger charge is 2.23. The first-order valence-electron chi connectivity index (χ1n) is 11.1. The first-order chi connectivity index (χ1) is 16.3. The first kappa shape index (κ1) is 22.8. The summed E-state index contributed by atoms with van der Waals surface area (Å²) in [5.74, 6) is 2.45. The number of benzene rings is 1. The number of hydrogen-bond acceptors (Lipinski definition) is 6. The lowest BCUT2D eigenvalue weighted by molar-refractivity contribution is 0.0170. The Morgan fingerprint density at radius 1 is 1.15 bits per heavy atom. The van der Waals surface area contributed by atoms with Gasteiger partial charge in [0.15, 0.2) is 5.96 Å². The minimum absolute atomic E-state index is 0.203. The average Bonchev–Trinajstić information content (AvgIpc) is 3.42. The van der Waals surface area contributed by atoms with Crippen molar-refractivity contribution in [2.24, 2.45) is 4.99 Å². The molecule has 0 spiro atoms. The lowest BCUT2D eigenvalue weighted by atomic mass is 10.0. The summed E-state index contributed by atoms with van der Waals surface area (Å²) in [5.41, 5.74) is 2.31. The third kappa shape index (κ3) is 6.09. The highest BCUT2D eigenvalue weighted by Crippen LogP contribution is 2.23. The standard InChI is InChI=1S/C24H31N7O2/c1-25-24(28-16-19-3-8-23(27-15-19)31-10-9-26-18-31)29-17-22(30-11-13-33-14-12-30)20-4-6-21(32-2)7-5-20/h3-10,15,18,22H,11-14,16-17H2,1-2H3,(H2,25,28,29). The van der Waals surface area contributed by atoms with Crippen LogP contribution in [0.15, 0.2) is 66.3 Å². The summed E-state index contributed by atoms with van der Waals surface area (Å²) >= 11 is 0. The highest BCUT2D eigenvalue weighted by molar-refractivity contribution is 5.79. The van der Waals surface area contributed by atoms with Gasteiger partial charge in [-0.25, -0.2) is 9.97 Å². The van der Waals surface area contributed by atoms with Crippen LogP contribution in [0, 0.1) is 0 Å². The smallest absolute Gasteiger partial charge is 0.191 e. The maximum absolute atomic E-state index is 5.56. The van der Waals surface area contributed by atoms with Crippen molar-refractivity contribution < 1.29 is 9.47 Å². The average molecular weight is 450 g/mol. The molecule has 174 valence electrons. The van der Waals surface area contributed by atoms with E-state index in [1.165, 1.54) is 5.56 Å². The first-order valence-corrected chi connectivity index (χ1v) is 11.1. The van der Waals surface area contributed by atoms with Crippen LogP contribution in [0.5, 0.6) is 5.75 Å². The SMILES string of the molecule is CN=C(NCc1ccc(-n2ccnc2)nc1)NCC(c1ccc(OC)cc1)N1CCOCC1. The molecule has 3 aromatic rings. The molecular formula is C24H31N7O2. The molecule has 3 heterocycles. The summed E-state index contributed by atoms with van der Waals surface area (Å²) in [6.45, 7) is 4.66. The Morgan fingerprint density at radius 2 is 1.97 bits per heavy atom. The lowest BCUT2D eigenvalue weighted by Crippen LogP contribution is -2.46. The van der Waals surface area contributed by atoms with Crippen LogP contribution < -0.4 is 15.4 Å². The third-order valence-corrected chi connectivity index (χ3v) is 5.71. The van der Waals surface area contributed by atoms with Gasteiger partial charge in [0.25, 0.3) is 0 Å². The van der Waals surface area contributed by atoms with Crippen molar-refractivity contribution in [3.05, 3.63) is 72.4 Å². The quantitative estimate of drug-likeness (QED) is 0.402. The number of ether oxygens (including phenoxy) is 2. The van der Waals surface area contributed by atoms with E-state index in [0.29, 0.717) is 6.54 Å². The summed E-state index contributed by atoms with van der Waals surface area (Å²) in [5, 5.41) is 6.87. The van der Waals surface area contributed by atoms with Gasteiger partial charge in [0.1, 0.15) is 17.9 Å². The Bertz CT molecular complexity index is 998. The van der Waals surface area contributed by atoms with Crippen molar-refractivity contribution in [2.75, 3.05) is 47.0 Å². The van der Waals surface area contributed by atoms with Crippen molar-refractivity contribution in [1.29, 1.82) is 0 Å². The van der Waals surface area contributed by atoms with Crippen LogP contribution in [0.1, 0.15) is 17.2 Å². The number of pyridine rings is 1. The molecule has 0 radical (unpaired) electrons. The van der Waals surface area contributed by atoms with Crippen molar-refractivity contribution in [1.82, 2.24) is 30.1 Å².